The summed E-state index contributed by atoms with van der Waals surface area (Å²) in [6.45, 7) is 5.37. The minimum atomic E-state index is 0.451. The topological polar surface area (TPSA) is 12.0 Å². The van der Waals surface area contributed by atoms with Crippen LogP contribution in [0, 0.1) is 0 Å². The van der Waals surface area contributed by atoms with E-state index in [1.807, 2.05) is 11.3 Å². The Morgan fingerprint density at radius 1 is 1.12 bits per heavy atom. The van der Waals surface area contributed by atoms with Gasteiger partial charge in [0.05, 0.1) is 0 Å². The maximum Gasteiger partial charge on any atom is 0.0386 e. The smallest absolute Gasteiger partial charge is 0.0386 e. The summed E-state index contributed by atoms with van der Waals surface area (Å²) >= 11 is 1.87. The second kappa shape index (κ2) is 5.28. The maximum atomic E-state index is 3.44. The first kappa shape index (κ1) is 11.4. The predicted octanol–water partition coefficient (Wildman–Crippen LogP) is 4.09. The van der Waals surface area contributed by atoms with Crippen molar-refractivity contribution in [1.29, 1.82) is 0 Å². The van der Waals surface area contributed by atoms with Gasteiger partial charge in [0.25, 0.3) is 0 Å². The zero-order chi connectivity index (χ0) is 11.4. The Hall–Kier alpha value is -1.12. The van der Waals surface area contributed by atoms with Gasteiger partial charge in [-0.05, 0) is 31.2 Å². The van der Waals surface area contributed by atoms with E-state index in [-0.39, 0.29) is 0 Å². The molecule has 1 heterocycles. The summed E-state index contributed by atoms with van der Waals surface area (Å²) in [5.74, 6) is 0. The van der Waals surface area contributed by atoms with Crippen LogP contribution >= 0.6 is 11.3 Å². The van der Waals surface area contributed by atoms with E-state index in [4.69, 9.17) is 0 Å². The Bertz CT molecular complexity index is 433. The van der Waals surface area contributed by atoms with Crippen molar-refractivity contribution in [2.45, 2.75) is 19.9 Å². The summed E-state index contributed by atoms with van der Waals surface area (Å²) < 4.78 is 0. The van der Waals surface area contributed by atoms with Crippen LogP contribution < -0.4 is 5.32 Å². The van der Waals surface area contributed by atoms with E-state index in [0.717, 1.165) is 6.54 Å². The fraction of sp³-hybridized carbons (Fsp3) is 0.286. The number of rotatable bonds is 4. The fourth-order valence-electron chi connectivity index (χ4n) is 1.75. The minimum Gasteiger partial charge on any atom is -0.310 e. The van der Waals surface area contributed by atoms with Gasteiger partial charge in [-0.1, -0.05) is 37.3 Å². The molecule has 0 aliphatic rings. The molecular weight excluding hydrogens is 214 g/mol. The minimum absolute atomic E-state index is 0.451. The van der Waals surface area contributed by atoms with E-state index in [1.165, 1.54) is 15.3 Å². The van der Waals surface area contributed by atoms with E-state index in [0.29, 0.717) is 6.04 Å². The molecule has 1 N–H and O–H groups in total. The summed E-state index contributed by atoms with van der Waals surface area (Å²) in [7, 11) is 0. The Morgan fingerprint density at radius 2 is 1.88 bits per heavy atom. The molecule has 0 bridgehead atoms. The van der Waals surface area contributed by atoms with Crippen molar-refractivity contribution in [2.24, 2.45) is 0 Å². The molecule has 0 aliphatic carbocycles. The molecule has 16 heavy (non-hydrogen) atoms. The quantitative estimate of drug-likeness (QED) is 0.836. The normalized spacial score (nSPS) is 12.6. The Balaban J connectivity index is 2.20. The summed E-state index contributed by atoms with van der Waals surface area (Å²) in [6, 6.07) is 15.4. The Labute approximate surface area is 101 Å². The molecular formula is C14H17NS. The standard InChI is InChI=1S/C14H17NS/c1-3-15-11(2)13-9-10-14(16-13)12-7-5-4-6-8-12/h4-11,15H,3H2,1-2H3. The highest BCUT2D eigenvalue weighted by molar-refractivity contribution is 7.15. The molecule has 0 radical (unpaired) electrons. The SMILES string of the molecule is CCNC(C)c1ccc(-c2ccccc2)s1. The molecule has 2 heteroatoms. The summed E-state index contributed by atoms with van der Waals surface area (Å²) in [4.78, 5) is 2.75. The molecule has 1 aromatic heterocycles. The lowest BCUT2D eigenvalue weighted by Crippen LogP contribution is -2.16. The average Bonchev–Trinajstić information content (AvgIpc) is 2.80. The molecule has 1 atom stereocenters. The van der Waals surface area contributed by atoms with Crippen LogP contribution in [0.1, 0.15) is 24.8 Å². The molecule has 1 aromatic carbocycles. The van der Waals surface area contributed by atoms with Crippen LogP contribution in [0.4, 0.5) is 0 Å². The van der Waals surface area contributed by atoms with Crippen molar-refractivity contribution in [1.82, 2.24) is 5.32 Å². The molecule has 2 rings (SSSR count). The molecule has 1 unspecified atom stereocenters. The first-order chi connectivity index (χ1) is 7.81. The third kappa shape index (κ3) is 2.52. The summed E-state index contributed by atoms with van der Waals surface area (Å²) in [5.41, 5.74) is 1.31. The highest BCUT2D eigenvalue weighted by Crippen LogP contribution is 2.30. The van der Waals surface area contributed by atoms with Crippen LogP contribution in [0.5, 0.6) is 0 Å². The van der Waals surface area contributed by atoms with Gasteiger partial charge < -0.3 is 5.32 Å². The number of thiophene rings is 1. The van der Waals surface area contributed by atoms with Gasteiger partial charge in [-0.15, -0.1) is 11.3 Å². The number of hydrogen-bond donors (Lipinski definition) is 1. The van der Waals surface area contributed by atoms with Gasteiger partial charge in [0.1, 0.15) is 0 Å². The molecule has 0 saturated heterocycles. The number of benzene rings is 1. The zero-order valence-corrected chi connectivity index (χ0v) is 10.6. The maximum absolute atomic E-state index is 3.44. The summed E-state index contributed by atoms with van der Waals surface area (Å²) in [6.07, 6.45) is 0. The number of nitrogens with one attached hydrogen (secondary N) is 1. The molecule has 0 amide bonds. The van der Waals surface area contributed by atoms with Crippen LogP contribution in [-0.4, -0.2) is 6.54 Å². The summed E-state index contributed by atoms with van der Waals surface area (Å²) in [5, 5.41) is 3.44. The van der Waals surface area contributed by atoms with Crippen LogP contribution in [0.15, 0.2) is 42.5 Å². The number of hydrogen-bond acceptors (Lipinski definition) is 2. The molecule has 1 nitrogen and oxygen atoms in total. The van der Waals surface area contributed by atoms with Crippen LogP contribution in [0.2, 0.25) is 0 Å². The second-order valence-corrected chi connectivity index (χ2v) is 4.96. The lowest BCUT2D eigenvalue weighted by molar-refractivity contribution is 0.607. The third-order valence-corrected chi connectivity index (χ3v) is 3.94. The van der Waals surface area contributed by atoms with Crippen molar-refractivity contribution < 1.29 is 0 Å². The molecule has 2 aromatic rings. The first-order valence-corrected chi connectivity index (χ1v) is 6.51. The van der Waals surface area contributed by atoms with Gasteiger partial charge >= 0.3 is 0 Å². The molecule has 0 spiro atoms. The van der Waals surface area contributed by atoms with Crippen LogP contribution in [-0.2, 0) is 0 Å². The van der Waals surface area contributed by atoms with E-state index in [1.54, 1.807) is 0 Å². The highest BCUT2D eigenvalue weighted by atomic mass is 32.1. The van der Waals surface area contributed by atoms with Crippen molar-refractivity contribution in [3.63, 3.8) is 0 Å². The molecule has 0 saturated carbocycles. The molecule has 0 aliphatic heterocycles. The zero-order valence-electron chi connectivity index (χ0n) is 9.73. The van der Waals surface area contributed by atoms with Crippen molar-refractivity contribution in [2.75, 3.05) is 6.54 Å². The van der Waals surface area contributed by atoms with Gasteiger partial charge in [-0.25, -0.2) is 0 Å². The lowest BCUT2D eigenvalue weighted by atomic mass is 10.2. The molecule has 0 fully saturated rings. The van der Waals surface area contributed by atoms with Gasteiger partial charge in [0.2, 0.25) is 0 Å². The highest BCUT2D eigenvalue weighted by Gasteiger charge is 2.07. The van der Waals surface area contributed by atoms with Crippen LogP contribution in [0.25, 0.3) is 10.4 Å². The third-order valence-electron chi connectivity index (χ3n) is 2.62. The van der Waals surface area contributed by atoms with E-state index in [2.05, 4.69) is 61.6 Å². The van der Waals surface area contributed by atoms with Gasteiger partial charge in [-0.2, -0.15) is 0 Å². The van der Waals surface area contributed by atoms with Gasteiger partial charge in [0.15, 0.2) is 0 Å². The monoisotopic (exact) mass is 231 g/mol. The second-order valence-electron chi connectivity index (χ2n) is 3.85. The van der Waals surface area contributed by atoms with Crippen molar-refractivity contribution in [3.8, 4) is 10.4 Å². The van der Waals surface area contributed by atoms with Crippen LogP contribution in [0.3, 0.4) is 0 Å². The largest absolute Gasteiger partial charge is 0.310 e. The lowest BCUT2D eigenvalue weighted by Gasteiger charge is -2.08. The van der Waals surface area contributed by atoms with Crippen molar-refractivity contribution >= 4 is 11.3 Å². The Kier molecular flexibility index (Phi) is 3.75. The average molecular weight is 231 g/mol. The van der Waals surface area contributed by atoms with Gasteiger partial charge in [0, 0.05) is 15.8 Å². The van der Waals surface area contributed by atoms with Crippen molar-refractivity contribution in [3.05, 3.63) is 47.3 Å². The predicted molar refractivity (Wildman–Crippen MR) is 71.8 cm³/mol. The fourth-order valence-corrected chi connectivity index (χ4v) is 2.79. The van der Waals surface area contributed by atoms with E-state index >= 15 is 0 Å². The van der Waals surface area contributed by atoms with Gasteiger partial charge in [-0.3, -0.25) is 0 Å². The molecule has 84 valence electrons. The van der Waals surface area contributed by atoms with E-state index < -0.39 is 0 Å². The van der Waals surface area contributed by atoms with E-state index in [9.17, 15) is 0 Å². The Morgan fingerprint density at radius 3 is 2.56 bits per heavy atom. The first-order valence-electron chi connectivity index (χ1n) is 5.69.